The van der Waals surface area contributed by atoms with Gasteiger partial charge < -0.3 is 10.5 Å². The van der Waals surface area contributed by atoms with E-state index in [1.54, 1.807) is 24.3 Å². The second-order valence-corrected chi connectivity index (χ2v) is 4.60. The lowest BCUT2D eigenvalue weighted by Gasteiger charge is -2.08. The summed E-state index contributed by atoms with van der Waals surface area (Å²) in [5.74, 6) is -0.655. The van der Waals surface area contributed by atoms with Crippen molar-refractivity contribution in [3.8, 4) is 11.3 Å². The fourth-order valence-corrected chi connectivity index (χ4v) is 2.04. The number of fused-ring (bicyclic) bond motifs is 1. The number of halogens is 1. The number of methoxy groups -OCH3 is 1. The molecule has 8 heteroatoms. The molecule has 0 unspecified atom stereocenters. The van der Waals surface area contributed by atoms with E-state index in [4.69, 9.17) is 17.3 Å². The standard InChI is InChI=1S/C13H9ClN4O3/c1-20-13(19)12-11(14)7(15)5-9(16-12)6-2-3-8-10(4-6)18-21-17-8/h2-5H,1H3,(H2,15,16). The first-order valence-corrected chi connectivity index (χ1v) is 6.25. The van der Waals surface area contributed by atoms with E-state index >= 15 is 0 Å². The molecule has 0 aliphatic carbocycles. The maximum Gasteiger partial charge on any atom is 0.358 e. The molecule has 3 rings (SSSR count). The minimum atomic E-state index is -0.655. The Balaban J connectivity index is 2.17. The van der Waals surface area contributed by atoms with Gasteiger partial charge in [0.15, 0.2) is 5.69 Å². The van der Waals surface area contributed by atoms with E-state index in [0.29, 0.717) is 22.3 Å². The molecule has 0 saturated carbocycles. The SMILES string of the molecule is COC(=O)c1nc(-c2ccc3nonc3c2)cc(N)c1Cl. The molecule has 1 aromatic carbocycles. The summed E-state index contributed by atoms with van der Waals surface area (Å²) in [7, 11) is 1.25. The number of pyridine rings is 1. The van der Waals surface area contributed by atoms with Crippen molar-refractivity contribution >= 4 is 34.3 Å². The van der Waals surface area contributed by atoms with Crippen molar-refractivity contribution in [2.45, 2.75) is 0 Å². The maximum atomic E-state index is 11.7. The van der Waals surface area contributed by atoms with E-state index in [2.05, 4.69) is 24.7 Å². The summed E-state index contributed by atoms with van der Waals surface area (Å²) in [6.07, 6.45) is 0. The normalized spacial score (nSPS) is 10.8. The molecule has 0 spiro atoms. The number of hydrogen-bond acceptors (Lipinski definition) is 7. The highest BCUT2D eigenvalue weighted by atomic mass is 35.5. The van der Waals surface area contributed by atoms with Gasteiger partial charge >= 0.3 is 5.97 Å². The van der Waals surface area contributed by atoms with Crippen LogP contribution in [0.5, 0.6) is 0 Å². The molecule has 3 aromatic rings. The number of hydrogen-bond donors (Lipinski definition) is 1. The number of carbonyl (C=O) groups excluding carboxylic acids is 1. The van der Waals surface area contributed by atoms with Gasteiger partial charge in [0, 0.05) is 5.56 Å². The third kappa shape index (κ3) is 2.27. The highest BCUT2D eigenvalue weighted by Gasteiger charge is 2.17. The predicted molar refractivity (Wildman–Crippen MR) is 75.8 cm³/mol. The van der Waals surface area contributed by atoms with E-state index in [1.165, 1.54) is 7.11 Å². The van der Waals surface area contributed by atoms with Crippen molar-refractivity contribution < 1.29 is 14.2 Å². The van der Waals surface area contributed by atoms with Crippen LogP contribution in [0.3, 0.4) is 0 Å². The van der Waals surface area contributed by atoms with Crippen LogP contribution in [-0.4, -0.2) is 28.4 Å². The molecule has 7 nitrogen and oxygen atoms in total. The Labute approximate surface area is 123 Å². The Hall–Kier alpha value is -2.67. The lowest BCUT2D eigenvalue weighted by Crippen LogP contribution is -2.08. The summed E-state index contributed by atoms with van der Waals surface area (Å²) in [6.45, 7) is 0. The first kappa shape index (κ1) is 13.3. The van der Waals surface area contributed by atoms with Crippen LogP contribution in [0, 0.1) is 0 Å². The molecule has 0 fully saturated rings. The molecule has 2 N–H and O–H groups in total. The fraction of sp³-hybridized carbons (Fsp3) is 0.0769. The second kappa shape index (κ2) is 5.02. The third-order valence-corrected chi connectivity index (χ3v) is 3.31. The van der Waals surface area contributed by atoms with Crippen LogP contribution in [0.2, 0.25) is 5.02 Å². The van der Waals surface area contributed by atoms with Gasteiger partial charge in [-0.3, -0.25) is 0 Å². The number of nitrogen functional groups attached to an aromatic ring is 1. The van der Waals surface area contributed by atoms with Gasteiger partial charge in [0.1, 0.15) is 11.0 Å². The molecule has 2 aromatic heterocycles. The van der Waals surface area contributed by atoms with Gasteiger partial charge in [-0.05, 0) is 28.5 Å². The monoisotopic (exact) mass is 304 g/mol. The van der Waals surface area contributed by atoms with Crippen LogP contribution in [-0.2, 0) is 4.74 Å². The van der Waals surface area contributed by atoms with Crippen LogP contribution in [0.15, 0.2) is 28.9 Å². The summed E-state index contributed by atoms with van der Waals surface area (Å²) in [5, 5.41) is 7.54. The number of esters is 1. The number of ether oxygens (including phenoxy) is 1. The molecule has 0 atom stereocenters. The van der Waals surface area contributed by atoms with Gasteiger partial charge in [-0.15, -0.1) is 0 Å². The Morgan fingerprint density at radius 3 is 2.81 bits per heavy atom. The van der Waals surface area contributed by atoms with Crippen LogP contribution in [0.25, 0.3) is 22.3 Å². The molecule has 0 amide bonds. The number of nitrogens with two attached hydrogens (primary N) is 1. The second-order valence-electron chi connectivity index (χ2n) is 4.22. The number of benzene rings is 1. The summed E-state index contributed by atoms with van der Waals surface area (Å²) >= 11 is 5.98. The van der Waals surface area contributed by atoms with E-state index < -0.39 is 5.97 Å². The number of carbonyl (C=O) groups is 1. The maximum absolute atomic E-state index is 11.7. The van der Waals surface area contributed by atoms with E-state index in [-0.39, 0.29) is 16.4 Å². The molecule has 21 heavy (non-hydrogen) atoms. The zero-order chi connectivity index (χ0) is 15.0. The van der Waals surface area contributed by atoms with Crippen molar-refractivity contribution in [3.63, 3.8) is 0 Å². The zero-order valence-corrected chi connectivity index (χ0v) is 11.6. The lowest BCUT2D eigenvalue weighted by atomic mass is 10.1. The minimum Gasteiger partial charge on any atom is -0.464 e. The van der Waals surface area contributed by atoms with Gasteiger partial charge in [0.2, 0.25) is 0 Å². The average Bonchev–Trinajstić information content (AvgIpc) is 2.96. The van der Waals surface area contributed by atoms with Gasteiger partial charge in [-0.2, -0.15) is 0 Å². The first-order chi connectivity index (χ1) is 10.1. The molecule has 0 aliphatic heterocycles. The average molecular weight is 305 g/mol. The van der Waals surface area contributed by atoms with Crippen molar-refractivity contribution in [1.82, 2.24) is 15.3 Å². The summed E-state index contributed by atoms with van der Waals surface area (Å²) in [4.78, 5) is 15.9. The number of rotatable bonds is 2. The summed E-state index contributed by atoms with van der Waals surface area (Å²) in [5.41, 5.74) is 8.39. The van der Waals surface area contributed by atoms with E-state index in [9.17, 15) is 4.79 Å². The van der Waals surface area contributed by atoms with Crippen LogP contribution in [0.1, 0.15) is 10.5 Å². The Bertz CT molecular complexity index is 847. The zero-order valence-electron chi connectivity index (χ0n) is 10.8. The number of aromatic nitrogens is 3. The molecule has 0 saturated heterocycles. The quantitative estimate of drug-likeness (QED) is 0.724. The molecular weight excluding hydrogens is 296 g/mol. The predicted octanol–water partition coefficient (Wildman–Crippen LogP) is 2.31. The molecule has 0 aliphatic rings. The van der Waals surface area contributed by atoms with Gasteiger partial charge in [0.25, 0.3) is 0 Å². The number of nitrogens with zero attached hydrogens (tertiary/aromatic N) is 3. The largest absolute Gasteiger partial charge is 0.464 e. The smallest absolute Gasteiger partial charge is 0.358 e. The third-order valence-electron chi connectivity index (χ3n) is 2.91. The van der Waals surface area contributed by atoms with Crippen LogP contribution in [0.4, 0.5) is 5.69 Å². The van der Waals surface area contributed by atoms with Gasteiger partial charge in [0.05, 0.1) is 23.5 Å². The molecule has 0 radical (unpaired) electrons. The highest BCUT2D eigenvalue weighted by Crippen LogP contribution is 2.29. The highest BCUT2D eigenvalue weighted by molar-refractivity contribution is 6.35. The Morgan fingerprint density at radius 1 is 1.29 bits per heavy atom. The van der Waals surface area contributed by atoms with E-state index in [1.807, 2.05) is 0 Å². The van der Waals surface area contributed by atoms with Gasteiger partial charge in [-0.25, -0.2) is 14.4 Å². The molecular formula is C13H9ClN4O3. The Morgan fingerprint density at radius 2 is 2.05 bits per heavy atom. The molecule has 2 heterocycles. The first-order valence-electron chi connectivity index (χ1n) is 5.87. The van der Waals surface area contributed by atoms with Crippen molar-refractivity contribution in [3.05, 3.63) is 35.0 Å². The van der Waals surface area contributed by atoms with E-state index in [0.717, 1.165) is 0 Å². The van der Waals surface area contributed by atoms with Crippen LogP contribution >= 0.6 is 11.6 Å². The lowest BCUT2D eigenvalue weighted by molar-refractivity contribution is 0.0594. The fourth-order valence-electron chi connectivity index (χ4n) is 1.87. The van der Waals surface area contributed by atoms with Gasteiger partial charge in [-0.1, -0.05) is 17.7 Å². The minimum absolute atomic E-state index is 0.0347. The number of anilines is 1. The van der Waals surface area contributed by atoms with Crippen LogP contribution < -0.4 is 5.73 Å². The van der Waals surface area contributed by atoms with Crippen molar-refractivity contribution in [1.29, 1.82) is 0 Å². The van der Waals surface area contributed by atoms with Crippen molar-refractivity contribution in [2.75, 3.05) is 12.8 Å². The summed E-state index contributed by atoms with van der Waals surface area (Å²) < 4.78 is 9.28. The van der Waals surface area contributed by atoms with Crippen molar-refractivity contribution in [2.24, 2.45) is 0 Å². The molecule has 0 bridgehead atoms. The summed E-state index contributed by atoms with van der Waals surface area (Å²) in [6, 6.07) is 6.79. The topological polar surface area (TPSA) is 104 Å². The Kier molecular flexibility index (Phi) is 3.19. The molecule has 106 valence electrons.